The number of hydrogen-bond acceptors (Lipinski definition) is 3. The Bertz CT molecular complexity index is 360. The van der Waals surface area contributed by atoms with Crippen molar-refractivity contribution in [1.29, 1.82) is 0 Å². The molecular formula is C15H21NO2. The van der Waals surface area contributed by atoms with Gasteiger partial charge in [-0.1, -0.05) is 30.3 Å². The predicted octanol–water partition coefficient (Wildman–Crippen LogP) is 2.69. The first-order chi connectivity index (χ1) is 8.84. The van der Waals surface area contributed by atoms with Crippen LogP contribution in [0.3, 0.4) is 0 Å². The van der Waals surface area contributed by atoms with E-state index in [1.807, 2.05) is 24.4 Å². The third-order valence-electron chi connectivity index (χ3n) is 2.89. The van der Waals surface area contributed by atoms with E-state index >= 15 is 0 Å². The molecule has 0 aromatic heterocycles. The molecule has 1 fully saturated rings. The number of ether oxygens (including phenoxy) is 2. The van der Waals surface area contributed by atoms with Gasteiger partial charge in [-0.2, -0.15) is 0 Å². The van der Waals surface area contributed by atoms with Crippen LogP contribution in [0.5, 0.6) is 0 Å². The third-order valence-corrected chi connectivity index (χ3v) is 2.89. The molecule has 1 aliphatic rings. The average molecular weight is 247 g/mol. The molecule has 1 heterocycles. The molecule has 0 N–H and O–H groups in total. The number of epoxide rings is 1. The number of aliphatic imine (C=N–C) groups is 1. The molecule has 3 heteroatoms. The minimum Gasteiger partial charge on any atom is -0.379 e. The smallest absolute Gasteiger partial charge is 0.104 e. The Morgan fingerprint density at radius 2 is 2.22 bits per heavy atom. The summed E-state index contributed by atoms with van der Waals surface area (Å²) < 4.78 is 10.6. The zero-order chi connectivity index (χ0) is 12.6. The first kappa shape index (κ1) is 13.2. The van der Waals surface area contributed by atoms with E-state index in [1.165, 1.54) is 0 Å². The summed E-state index contributed by atoms with van der Waals surface area (Å²) in [5.41, 5.74) is 1.16. The Hall–Kier alpha value is -1.19. The van der Waals surface area contributed by atoms with E-state index in [9.17, 15) is 0 Å². The van der Waals surface area contributed by atoms with Crippen LogP contribution in [0.15, 0.2) is 35.3 Å². The van der Waals surface area contributed by atoms with Crippen LogP contribution in [-0.4, -0.2) is 38.2 Å². The summed E-state index contributed by atoms with van der Waals surface area (Å²) in [6.07, 6.45) is 4.44. The summed E-state index contributed by atoms with van der Waals surface area (Å²) >= 11 is 0. The van der Waals surface area contributed by atoms with Crippen LogP contribution < -0.4 is 0 Å². The van der Waals surface area contributed by atoms with Gasteiger partial charge in [-0.25, -0.2) is 0 Å². The largest absolute Gasteiger partial charge is 0.379 e. The van der Waals surface area contributed by atoms with Crippen LogP contribution in [-0.2, 0) is 9.47 Å². The fraction of sp³-hybridized carbons (Fsp3) is 0.533. The van der Waals surface area contributed by atoms with Crippen molar-refractivity contribution in [3.8, 4) is 0 Å². The highest BCUT2D eigenvalue weighted by Gasteiger charge is 2.21. The highest BCUT2D eigenvalue weighted by molar-refractivity contribution is 5.79. The number of rotatable bonds is 8. The van der Waals surface area contributed by atoms with Gasteiger partial charge in [0.2, 0.25) is 0 Å². The van der Waals surface area contributed by atoms with Gasteiger partial charge in [0.05, 0.1) is 13.2 Å². The van der Waals surface area contributed by atoms with Crippen molar-refractivity contribution < 1.29 is 9.47 Å². The predicted molar refractivity (Wildman–Crippen MR) is 73.3 cm³/mol. The Kier molecular flexibility index (Phi) is 5.36. The van der Waals surface area contributed by atoms with E-state index in [2.05, 4.69) is 24.0 Å². The number of hydrogen-bond donors (Lipinski definition) is 0. The van der Waals surface area contributed by atoms with Gasteiger partial charge >= 0.3 is 0 Å². The highest BCUT2D eigenvalue weighted by atomic mass is 16.6. The van der Waals surface area contributed by atoms with E-state index in [4.69, 9.17) is 9.47 Å². The molecule has 2 rings (SSSR count). The van der Waals surface area contributed by atoms with Crippen molar-refractivity contribution in [2.75, 3.05) is 19.8 Å². The lowest BCUT2D eigenvalue weighted by atomic mass is 10.2. The summed E-state index contributed by atoms with van der Waals surface area (Å²) in [7, 11) is 0. The molecule has 1 aromatic carbocycles. The molecule has 0 spiro atoms. The van der Waals surface area contributed by atoms with Crippen molar-refractivity contribution in [2.24, 2.45) is 4.99 Å². The summed E-state index contributed by atoms with van der Waals surface area (Å²) in [5, 5.41) is 0. The molecule has 1 aromatic rings. The van der Waals surface area contributed by atoms with Gasteiger partial charge in [0, 0.05) is 18.9 Å². The first-order valence-electron chi connectivity index (χ1n) is 6.62. The van der Waals surface area contributed by atoms with Gasteiger partial charge in [-0.05, 0) is 25.3 Å². The summed E-state index contributed by atoms with van der Waals surface area (Å²) in [6.45, 7) is 4.58. The monoisotopic (exact) mass is 247 g/mol. The molecule has 18 heavy (non-hydrogen) atoms. The van der Waals surface area contributed by atoms with Crippen molar-refractivity contribution in [2.45, 2.75) is 31.9 Å². The second-order valence-electron chi connectivity index (χ2n) is 4.71. The maximum absolute atomic E-state index is 5.49. The van der Waals surface area contributed by atoms with E-state index in [-0.39, 0.29) is 0 Å². The second kappa shape index (κ2) is 7.29. The maximum Gasteiger partial charge on any atom is 0.104 e. The van der Waals surface area contributed by atoms with Gasteiger partial charge in [-0.3, -0.25) is 4.99 Å². The second-order valence-corrected chi connectivity index (χ2v) is 4.71. The van der Waals surface area contributed by atoms with Gasteiger partial charge in [0.1, 0.15) is 6.10 Å². The zero-order valence-corrected chi connectivity index (χ0v) is 10.9. The van der Waals surface area contributed by atoms with Crippen LogP contribution in [0.1, 0.15) is 25.3 Å². The fourth-order valence-corrected chi connectivity index (χ4v) is 1.69. The fourth-order valence-electron chi connectivity index (χ4n) is 1.69. The Labute approximate surface area is 109 Å². The van der Waals surface area contributed by atoms with Crippen LogP contribution in [0, 0.1) is 0 Å². The molecule has 2 unspecified atom stereocenters. The maximum atomic E-state index is 5.49. The van der Waals surface area contributed by atoms with Gasteiger partial charge in [0.25, 0.3) is 0 Å². The number of benzene rings is 1. The van der Waals surface area contributed by atoms with E-state index in [0.717, 1.165) is 38.2 Å². The topological polar surface area (TPSA) is 34.1 Å². The van der Waals surface area contributed by atoms with Crippen molar-refractivity contribution >= 4 is 6.21 Å². The third kappa shape index (κ3) is 5.43. The van der Waals surface area contributed by atoms with Crippen LogP contribution in [0.2, 0.25) is 0 Å². The van der Waals surface area contributed by atoms with Crippen LogP contribution >= 0.6 is 0 Å². The minimum atomic E-state index is 0.353. The van der Waals surface area contributed by atoms with Crippen molar-refractivity contribution in [3.63, 3.8) is 0 Å². The molecule has 0 amide bonds. The quantitative estimate of drug-likeness (QED) is 0.402. The van der Waals surface area contributed by atoms with Gasteiger partial charge in [-0.15, -0.1) is 0 Å². The molecule has 0 saturated carbocycles. The lowest BCUT2D eigenvalue weighted by Gasteiger charge is -2.06. The minimum absolute atomic E-state index is 0.353. The Morgan fingerprint density at radius 1 is 1.44 bits per heavy atom. The molecule has 0 bridgehead atoms. The molecule has 1 aliphatic heterocycles. The summed E-state index contributed by atoms with van der Waals surface area (Å²) in [6, 6.07) is 10.6. The van der Waals surface area contributed by atoms with E-state index in [1.54, 1.807) is 0 Å². The van der Waals surface area contributed by atoms with E-state index < -0.39 is 0 Å². The highest BCUT2D eigenvalue weighted by Crippen LogP contribution is 2.09. The molecular weight excluding hydrogens is 226 g/mol. The molecule has 3 nitrogen and oxygen atoms in total. The van der Waals surface area contributed by atoms with Gasteiger partial charge < -0.3 is 9.47 Å². The Balaban J connectivity index is 1.56. The molecule has 98 valence electrons. The first-order valence-corrected chi connectivity index (χ1v) is 6.62. The SMILES string of the molecule is CC(CCCOCC1CO1)N=Cc1ccccc1. The lowest BCUT2D eigenvalue weighted by molar-refractivity contribution is 0.112. The molecule has 0 radical (unpaired) electrons. The standard InChI is InChI=1S/C15H21NO2/c1-13(6-5-9-17-11-15-12-18-15)16-10-14-7-3-2-4-8-14/h2-4,7-8,10,13,15H,5-6,9,11-12H2,1H3. The normalized spacial score (nSPS) is 20.2. The molecule has 0 aliphatic carbocycles. The van der Waals surface area contributed by atoms with E-state index in [0.29, 0.717) is 12.1 Å². The van der Waals surface area contributed by atoms with Crippen LogP contribution in [0.25, 0.3) is 0 Å². The molecule has 2 atom stereocenters. The molecule has 1 saturated heterocycles. The Morgan fingerprint density at radius 3 is 2.94 bits per heavy atom. The van der Waals surface area contributed by atoms with Crippen LogP contribution in [0.4, 0.5) is 0 Å². The average Bonchev–Trinajstić information content (AvgIpc) is 3.21. The zero-order valence-electron chi connectivity index (χ0n) is 10.9. The summed E-state index contributed by atoms with van der Waals surface area (Å²) in [5.74, 6) is 0. The van der Waals surface area contributed by atoms with Crippen molar-refractivity contribution in [1.82, 2.24) is 0 Å². The van der Waals surface area contributed by atoms with Gasteiger partial charge in [0.15, 0.2) is 0 Å². The summed E-state index contributed by atoms with van der Waals surface area (Å²) in [4.78, 5) is 4.53. The number of nitrogens with zero attached hydrogens (tertiary/aromatic N) is 1. The van der Waals surface area contributed by atoms with Crippen molar-refractivity contribution in [3.05, 3.63) is 35.9 Å². The lowest BCUT2D eigenvalue weighted by Crippen LogP contribution is -2.05.